The Morgan fingerprint density at radius 3 is 2.45 bits per heavy atom. The summed E-state index contributed by atoms with van der Waals surface area (Å²) in [6, 6.07) is 8.79. The first-order valence-corrected chi connectivity index (χ1v) is 6.65. The van der Waals surface area contributed by atoms with Gasteiger partial charge in [-0.25, -0.2) is 4.39 Å². The van der Waals surface area contributed by atoms with Crippen LogP contribution in [0.25, 0.3) is 0 Å². The second-order valence-corrected chi connectivity index (χ2v) is 5.26. The van der Waals surface area contributed by atoms with Crippen LogP contribution in [0.3, 0.4) is 0 Å². The third kappa shape index (κ3) is 2.76. The molecular weight excluding hydrogens is 300 g/mol. The number of halogens is 3. The van der Waals surface area contributed by atoms with Crippen molar-refractivity contribution < 1.29 is 4.39 Å². The molecule has 0 saturated carbocycles. The lowest BCUT2D eigenvalue weighted by Gasteiger charge is -2.23. The monoisotopic (exact) mass is 313 g/mol. The van der Waals surface area contributed by atoms with Gasteiger partial charge in [0.1, 0.15) is 5.02 Å². The van der Waals surface area contributed by atoms with Crippen LogP contribution in [0, 0.1) is 5.82 Å². The van der Waals surface area contributed by atoms with Crippen LogP contribution in [0.5, 0.6) is 0 Å². The SMILES string of the molecule is CN(Cc1ccccc1Cl)c1c(N)cc(N)c(Cl)c1F. The Hall–Kier alpha value is -1.65. The number of hydrogen-bond acceptors (Lipinski definition) is 3. The molecule has 0 fully saturated rings. The lowest BCUT2D eigenvalue weighted by Crippen LogP contribution is -2.20. The molecule has 20 heavy (non-hydrogen) atoms. The van der Waals surface area contributed by atoms with Gasteiger partial charge < -0.3 is 16.4 Å². The number of nitrogens with zero attached hydrogens (tertiary/aromatic N) is 1. The summed E-state index contributed by atoms with van der Waals surface area (Å²) in [7, 11) is 1.71. The van der Waals surface area contributed by atoms with E-state index in [9.17, 15) is 4.39 Å². The van der Waals surface area contributed by atoms with Crippen molar-refractivity contribution in [3.8, 4) is 0 Å². The molecule has 0 spiro atoms. The molecule has 4 N–H and O–H groups in total. The molecule has 0 heterocycles. The maximum atomic E-state index is 14.2. The quantitative estimate of drug-likeness (QED) is 0.844. The van der Waals surface area contributed by atoms with Crippen LogP contribution in [0.1, 0.15) is 5.56 Å². The predicted octanol–water partition coefficient (Wildman–Crippen LogP) is 3.93. The van der Waals surface area contributed by atoms with Crippen molar-refractivity contribution in [1.82, 2.24) is 0 Å². The third-order valence-electron chi connectivity index (χ3n) is 2.99. The van der Waals surface area contributed by atoms with Gasteiger partial charge in [0.05, 0.1) is 17.1 Å². The summed E-state index contributed by atoms with van der Waals surface area (Å²) in [6.45, 7) is 0.404. The minimum atomic E-state index is -0.626. The molecular formula is C14H14Cl2FN3. The summed E-state index contributed by atoms with van der Waals surface area (Å²) in [5, 5.41) is 0.486. The van der Waals surface area contributed by atoms with Crippen molar-refractivity contribution in [3.05, 3.63) is 51.8 Å². The van der Waals surface area contributed by atoms with Gasteiger partial charge >= 0.3 is 0 Å². The maximum Gasteiger partial charge on any atom is 0.169 e. The number of nitrogen functional groups attached to an aromatic ring is 2. The lowest BCUT2D eigenvalue weighted by atomic mass is 10.1. The Morgan fingerprint density at radius 2 is 1.80 bits per heavy atom. The molecule has 0 amide bonds. The van der Waals surface area contributed by atoms with Crippen LogP contribution in [-0.4, -0.2) is 7.05 Å². The van der Waals surface area contributed by atoms with E-state index in [4.69, 9.17) is 34.7 Å². The standard InChI is InChI=1S/C14H14Cl2FN3/c1-20(7-8-4-2-3-5-9(8)15)14-11(19)6-10(18)12(16)13(14)17/h2-6H,7,18-19H2,1H3. The first-order valence-electron chi connectivity index (χ1n) is 5.89. The first kappa shape index (κ1) is 14.8. The molecule has 0 saturated heterocycles. The van der Waals surface area contributed by atoms with Gasteiger partial charge in [0.2, 0.25) is 0 Å². The fourth-order valence-corrected chi connectivity index (χ4v) is 2.35. The van der Waals surface area contributed by atoms with Gasteiger partial charge in [-0.15, -0.1) is 0 Å². The van der Waals surface area contributed by atoms with Crippen LogP contribution >= 0.6 is 23.2 Å². The zero-order valence-electron chi connectivity index (χ0n) is 10.8. The van der Waals surface area contributed by atoms with Crippen molar-refractivity contribution >= 4 is 40.3 Å². The van der Waals surface area contributed by atoms with Crippen molar-refractivity contribution in [2.75, 3.05) is 23.4 Å². The summed E-state index contributed by atoms with van der Waals surface area (Å²) in [6.07, 6.45) is 0. The minimum Gasteiger partial charge on any atom is -0.397 e. The largest absolute Gasteiger partial charge is 0.397 e. The molecule has 0 aliphatic carbocycles. The van der Waals surface area contributed by atoms with Crippen LogP contribution in [0.2, 0.25) is 10.0 Å². The Balaban J connectivity index is 2.37. The molecule has 6 heteroatoms. The highest BCUT2D eigenvalue weighted by Gasteiger charge is 2.18. The van der Waals surface area contributed by atoms with Gasteiger partial charge in [0.15, 0.2) is 5.82 Å². The number of benzene rings is 2. The van der Waals surface area contributed by atoms with Gasteiger partial charge in [0.25, 0.3) is 0 Å². The number of nitrogens with two attached hydrogens (primary N) is 2. The second kappa shape index (κ2) is 5.77. The highest BCUT2D eigenvalue weighted by molar-refractivity contribution is 6.33. The average molecular weight is 314 g/mol. The second-order valence-electron chi connectivity index (χ2n) is 4.48. The summed E-state index contributed by atoms with van der Waals surface area (Å²) < 4.78 is 14.2. The molecule has 2 aromatic rings. The summed E-state index contributed by atoms with van der Waals surface area (Å²) >= 11 is 11.9. The van der Waals surface area contributed by atoms with Crippen molar-refractivity contribution in [1.29, 1.82) is 0 Å². The van der Waals surface area contributed by atoms with E-state index in [2.05, 4.69) is 0 Å². The minimum absolute atomic E-state index is 0.122. The van der Waals surface area contributed by atoms with Crippen LogP contribution < -0.4 is 16.4 Å². The van der Waals surface area contributed by atoms with E-state index in [0.717, 1.165) is 5.56 Å². The fraction of sp³-hybridized carbons (Fsp3) is 0.143. The Morgan fingerprint density at radius 1 is 1.15 bits per heavy atom. The number of anilines is 3. The van der Waals surface area contributed by atoms with Gasteiger partial charge in [-0.05, 0) is 17.7 Å². The van der Waals surface area contributed by atoms with Gasteiger partial charge in [-0.2, -0.15) is 0 Å². The van der Waals surface area contributed by atoms with Gasteiger partial charge in [-0.1, -0.05) is 41.4 Å². The number of rotatable bonds is 3. The molecule has 2 rings (SSSR count). The summed E-state index contributed by atoms with van der Waals surface area (Å²) in [5.74, 6) is -0.626. The summed E-state index contributed by atoms with van der Waals surface area (Å²) in [5.41, 5.74) is 12.8. The molecule has 0 aliphatic rings. The fourth-order valence-electron chi connectivity index (χ4n) is 2.01. The highest BCUT2D eigenvalue weighted by atomic mass is 35.5. The van der Waals surface area contributed by atoms with Gasteiger partial charge in [-0.3, -0.25) is 0 Å². The van der Waals surface area contributed by atoms with Crippen LogP contribution in [-0.2, 0) is 6.54 Å². The lowest BCUT2D eigenvalue weighted by molar-refractivity contribution is 0.624. The van der Waals surface area contributed by atoms with E-state index in [1.54, 1.807) is 18.0 Å². The van der Waals surface area contributed by atoms with E-state index < -0.39 is 5.82 Å². The Bertz CT molecular complexity index is 647. The van der Waals surface area contributed by atoms with Crippen LogP contribution in [0.15, 0.2) is 30.3 Å². The molecule has 0 bridgehead atoms. The van der Waals surface area contributed by atoms with E-state index in [1.807, 2.05) is 18.2 Å². The molecule has 0 aromatic heterocycles. The zero-order valence-corrected chi connectivity index (χ0v) is 12.3. The normalized spacial score (nSPS) is 10.6. The molecule has 0 aliphatic heterocycles. The molecule has 3 nitrogen and oxygen atoms in total. The average Bonchev–Trinajstić information content (AvgIpc) is 2.39. The predicted molar refractivity (Wildman–Crippen MR) is 83.8 cm³/mol. The molecule has 0 radical (unpaired) electrons. The first-order chi connectivity index (χ1) is 9.41. The molecule has 0 unspecified atom stereocenters. The van der Waals surface area contributed by atoms with E-state index in [0.29, 0.717) is 11.6 Å². The smallest absolute Gasteiger partial charge is 0.169 e. The zero-order chi connectivity index (χ0) is 14.9. The van der Waals surface area contributed by atoms with E-state index in [-0.39, 0.29) is 22.1 Å². The van der Waals surface area contributed by atoms with Crippen molar-refractivity contribution in [2.45, 2.75) is 6.54 Å². The van der Waals surface area contributed by atoms with Crippen molar-refractivity contribution in [3.63, 3.8) is 0 Å². The van der Waals surface area contributed by atoms with Crippen LogP contribution in [0.4, 0.5) is 21.5 Å². The summed E-state index contributed by atoms with van der Waals surface area (Å²) in [4.78, 5) is 1.65. The van der Waals surface area contributed by atoms with E-state index >= 15 is 0 Å². The maximum absolute atomic E-state index is 14.2. The van der Waals surface area contributed by atoms with Gasteiger partial charge in [0, 0.05) is 18.6 Å². The Kier molecular flexibility index (Phi) is 4.26. The molecule has 2 aromatic carbocycles. The molecule has 0 atom stereocenters. The highest BCUT2D eigenvalue weighted by Crippen LogP contribution is 2.36. The third-order valence-corrected chi connectivity index (χ3v) is 3.74. The van der Waals surface area contributed by atoms with Crippen molar-refractivity contribution in [2.24, 2.45) is 0 Å². The topological polar surface area (TPSA) is 55.3 Å². The van der Waals surface area contributed by atoms with E-state index in [1.165, 1.54) is 6.07 Å². The molecule has 106 valence electrons. The number of hydrogen-bond donors (Lipinski definition) is 2. The Labute approximate surface area is 126 Å².